The molecule has 20 heavy (non-hydrogen) atoms. The number of carbonyl (C=O) groups is 1. The first-order chi connectivity index (χ1) is 9.60. The average molecular weight is 275 g/mol. The van der Waals surface area contributed by atoms with E-state index in [-0.39, 0.29) is 6.03 Å². The number of hydrogen-bond acceptors (Lipinski definition) is 3. The number of carbonyl (C=O) groups excluding carboxylic acids is 1. The molecule has 2 N–H and O–H groups in total. The zero-order valence-corrected chi connectivity index (χ0v) is 10.9. The van der Waals surface area contributed by atoms with Gasteiger partial charge in [0.15, 0.2) is 0 Å². The fraction of sp³-hybridized carbons (Fsp3) is 0.154. The van der Waals surface area contributed by atoms with Crippen molar-refractivity contribution < 1.29 is 9.18 Å². The SMILES string of the molecule is C=CCNC(=O)Nc1cn(-c2cncc(F)c2)nc1C. The molecule has 0 unspecified atom stereocenters. The molecule has 2 aromatic rings. The highest BCUT2D eigenvalue weighted by Gasteiger charge is 2.09. The summed E-state index contributed by atoms with van der Waals surface area (Å²) in [5, 5.41) is 9.45. The van der Waals surface area contributed by atoms with E-state index in [1.54, 1.807) is 19.2 Å². The highest BCUT2D eigenvalue weighted by molar-refractivity contribution is 5.89. The van der Waals surface area contributed by atoms with Crippen LogP contribution in [0.5, 0.6) is 0 Å². The molecule has 0 spiro atoms. The predicted molar refractivity (Wildman–Crippen MR) is 73.3 cm³/mol. The number of nitrogens with one attached hydrogen (secondary N) is 2. The Kier molecular flexibility index (Phi) is 4.09. The number of urea groups is 1. The van der Waals surface area contributed by atoms with Gasteiger partial charge in [-0.15, -0.1) is 6.58 Å². The van der Waals surface area contributed by atoms with E-state index >= 15 is 0 Å². The smallest absolute Gasteiger partial charge is 0.319 e. The summed E-state index contributed by atoms with van der Waals surface area (Å²) in [6.07, 6.45) is 5.77. The van der Waals surface area contributed by atoms with Gasteiger partial charge in [-0.25, -0.2) is 13.9 Å². The summed E-state index contributed by atoms with van der Waals surface area (Å²) < 4.78 is 14.6. The standard InChI is InChI=1S/C13H14FN5O/c1-3-4-16-13(20)17-12-8-19(18-9(12)2)11-5-10(14)6-15-7-11/h3,5-8H,1,4H2,2H3,(H2,16,17,20). The third-order valence-corrected chi connectivity index (χ3v) is 2.51. The molecule has 6 nitrogen and oxygen atoms in total. The Morgan fingerprint density at radius 1 is 1.55 bits per heavy atom. The summed E-state index contributed by atoms with van der Waals surface area (Å²) in [5.41, 5.74) is 1.63. The van der Waals surface area contributed by atoms with Gasteiger partial charge in [-0.05, 0) is 6.92 Å². The minimum Gasteiger partial charge on any atom is -0.334 e. The van der Waals surface area contributed by atoms with Gasteiger partial charge in [0, 0.05) is 12.6 Å². The average Bonchev–Trinajstić information content (AvgIpc) is 2.78. The van der Waals surface area contributed by atoms with Gasteiger partial charge in [0.05, 0.1) is 35.7 Å². The van der Waals surface area contributed by atoms with Crippen molar-refractivity contribution in [3.63, 3.8) is 0 Å². The van der Waals surface area contributed by atoms with Crippen LogP contribution in [0, 0.1) is 12.7 Å². The second-order valence-electron chi connectivity index (χ2n) is 4.06. The first-order valence-electron chi connectivity index (χ1n) is 5.93. The maximum absolute atomic E-state index is 13.1. The summed E-state index contributed by atoms with van der Waals surface area (Å²) in [6.45, 7) is 5.62. The van der Waals surface area contributed by atoms with Gasteiger partial charge in [-0.3, -0.25) is 4.98 Å². The maximum atomic E-state index is 13.1. The van der Waals surface area contributed by atoms with Crippen LogP contribution in [0.15, 0.2) is 37.3 Å². The van der Waals surface area contributed by atoms with Crippen molar-refractivity contribution in [3.05, 3.63) is 48.8 Å². The van der Waals surface area contributed by atoms with E-state index in [0.717, 1.165) is 6.20 Å². The monoisotopic (exact) mass is 275 g/mol. The third-order valence-electron chi connectivity index (χ3n) is 2.51. The molecule has 0 fully saturated rings. The Morgan fingerprint density at radius 2 is 2.35 bits per heavy atom. The molecule has 0 bridgehead atoms. The number of aromatic nitrogens is 3. The molecule has 2 rings (SSSR count). The number of nitrogens with zero attached hydrogens (tertiary/aromatic N) is 3. The van der Waals surface area contributed by atoms with Crippen LogP contribution in [0.25, 0.3) is 5.69 Å². The third kappa shape index (κ3) is 3.19. The second-order valence-corrected chi connectivity index (χ2v) is 4.06. The number of anilines is 1. The fourth-order valence-corrected chi connectivity index (χ4v) is 1.57. The molecule has 0 aromatic carbocycles. The first kappa shape index (κ1) is 13.7. The zero-order chi connectivity index (χ0) is 14.5. The Bertz CT molecular complexity index is 637. The molecule has 0 radical (unpaired) electrons. The minimum absolute atomic E-state index is 0.357. The number of hydrogen-bond donors (Lipinski definition) is 2. The van der Waals surface area contributed by atoms with Crippen molar-refractivity contribution in [2.24, 2.45) is 0 Å². The van der Waals surface area contributed by atoms with Crippen molar-refractivity contribution >= 4 is 11.7 Å². The lowest BCUT2D eigenvalue weighted by Crippen LogP contribution is -2.28. The van der Waals surface area contributed by atoms with E-state index in [2.05, 4.69) is 27.3 Å². The normalized spacial score (nSPS) is 10.1. The topological polar surface area (TPSA) is 71.8 Å². The molecule has 0 aliphatic heterocycles. The van der Waals surface area contributed by atoms with Gasteiger partial charge in [-0.2, -0.15) is 5.10 Å². The van der Waals surface area contributed by atoms with Crippen LogP contribution in [-0.4, -0.2) is 27.3 Å². The summed E-state index contributed by atoms with van der Waals surface area (Å²) in [7, 11) is 0. The van der Waals surface area contributed by atoms with Crippen LogP contribution in [0.2, 0.25) is 0 Å². The fourth-order valence-electron chi connectivity index (χ4n) is 1.57. The largest absolute Gasteiger partial charge is 0.334 e. The second kappa shape index (κ2) is 5.96. The van der Waals surface area contributed by atoms with E-state index in [1.807, 2.05) is 0 Å². The van der Waals surface area contributed by atoms with E-state index in [9.17, 15) is 9.18 Å². The van der Waals surface area contributed by atoms with E-state index < -0.39 is 5.82 Å². The number of rotatable bonds is 4. The Labute approximate surface area is 115 Å². The molecule has 104 valence electrons. The zero-order valence-electron chi connectivity index (χ0n) is 10.9. The van der Waals surface area contributed by atoms with Crippen LogP contribution >= 0.6 is 0 Å². The van der Waals surface area contributed by atoms with Gasteiger partial charge < -0.3 is 10.6 Å². The van der Waals surface area contributed by atoms with E-state index in [4.69, 9.17) is 0 Å². The Balaban J connectivity index is 2.17. The number of amides is 2. The molecule has 0 saturated heterocycles. The molecule has 2 amide bonds. The highest BCUT2D eigenvalue weighted by Crippen LogP contribution is 2.16. The van der Waals surface area contributed by atoms with Crippen LogP contribution in [0.3, 0.4) is 0 Å². The highest BCUT2D eigenvalue weighted by atomic mass is 19.1. The lowest BCUT2D eigenvalue weighted by molar-refractivity contribution is 0.253. The van der Waals surface area contributed by atoms with Crippen molar-refractivity contribution in [3.8, 4) is 5.69 Å². The molecule has 2 aromatic heterocycles. The van der Waals surface area contributed by atoms with Gasteiger partial charge in [0.2, 0.25) is 0 Å². The lowest BCUT2D eigenvalue weighted by atomic mass is 10.4. The summed E-state index contributed by atoms with van der Waals surface area (Å²) >= 11 is 0. The van der Waals surface area contributed by atoms with Crippen LogP contribution in [-0.2, 0) is 0 Å². The molecule has 0 atom stereocenters. The Morgan fingerprint density at radius 3 is 3.05 bits per heavy atom. The predicted octanol–water partition coefficient (Wildman–Crippen LogP) is 2.02. The molecular weight excluding hydrogens is 261 g/mol. The minimum atomic E-state index is -0.450. The Hall–Kier alpha value is -2.70. The van der Waals surface area contributed by atoms with Gasteiger partial charge in [0.25, 0.3) is 0 Å². The number of pyridine rings is 1. The number of aryl methyl sites for hydroxylation is 1. The first-order valence-corrected chi connectivity index (χ1v) is 5.93. The molecule has 2 heterocycles. The lowest BCUT2D eigenvalue weighted by Gasteiger charge is -2.03. The van der Waals surface area contributed by atoms with Crippen LogP contribution in [0.1, 0.15) is 5.69 Å². The van der Waals surface area contributed by atoms with Gasteiger partial charge >= 0.3 is 6.03 Å². The van der Waals surface area contributed by atoms with E-state index in [0.29, 0.717) is 23.6 Å². The quantitative estimate of drug-likeness (QED) is 0.838. The molecular formula is C13H14FN5O. The van der Waals surface area contributed by atoms with Crippen molar-refractivity contribution in [2.75, 3.05) is 11.9 Å². The molecule has 0 saturated carbocycles. The summed E-state index contributed by atoms with van der Waals surface area (Å²) in [5.74, 6) is -0.450. The van der Waals surface area contributed by atoms with E-state index in [1.165, 1.54) is 16.9 Å². The van der Waals surface area contributed by atoms with Crippen molar-refractivity contribution in [2.45, 2.75) is 6.92 Å². The molecule has 0 aliphatic carbocycles. The molecule has 7 heteroatoms. The van der Waals surface area contributed by atoms with Crippen LogP contribution in [0.4, 0.5) is 14.9 Å². The summed E-state index contributed by atoms with van der Waals surface area (Å²) in [4.78, 5) is 15.3. The van der Waals surface area contributed by atoms with Crippen molar-refractivity contribution in [1.29, 1.82) is 0 Å². The van der Waals surface area contributed by atoms with Crippen molar-refractivity contribution in [1.82, 2.24) is 20.1 Å². The number of halogens is 1. The molecule has 0 aliphatic rings. The summed E-state index contributed by atoms with van der Waals surface area (Å²) in [6, 6.07) is 0.950. The van der Waals surface area contributed by atoms with Gasteiger partial charge in [0.1, 0.15) is 5.82 Å². The van der Waals surface area contributed by atoms with Crippen LogP contribution < -0.4 is 10.6 Å². The van der Waals surface area contributed by atoms with Gasteiger partial charge in [-0.1, -0.05) is 6.08 Å². The maximum Gasteiger partial charge on any atom is 0.319 e.